The van der Waals surface area contributed by atoms with E-state index < -0.39 is 17.8 Å². The van der Waals surface area contributed by atoms with E-state index in [9.17, 15) is 14.4 Å². The van der Waals surface area contributed by atoms with Crippen molar-refractivity contribution < 1.29 is 23.9 Å². The van der Waals surface area contributed by atoms with E-state index in [1.807, 2.05) is 13.8 Å². The fourth-order valence-corrected chi connectivity index (χ4v) is 2.69. The van der Waals surface area contributed by atoms with E-state index in [4.69, 9.17) is 9.47 Å². The summed E-state index contributed by atoms with van der Waals surface area (Å²) in [7, 11) is 0. The lowest BCUT2D eigenvalue weighted by atomic mass is 10.1. The second-order valence-corrected chi connectivity index (χ2v) is 6.44. The molecule has 0 fully saturated rings. The van der Waals surface area contributed by atoms with Crippen LogP contribution in [-0.4, -0.2) is 35.5 Å². The number of hydrogen-bond acceptors (Lipinski definition) is 5. The minimum absolute atomic E-state index is 0.0333. The molecule has 0 aliphatic heterocycles. The molecule has 8 heteroatoms. The number of ether oxygens (including phenoxy) is 2. The normalized spacial score (nSPS) is 10.5. The van der Waals surface area contributed by atoms with Gasteiger partial charge < -0.3 is 14.5 Å². The highest BCUT2D eigenvalue weighted by Gasteiger charge is 2.23. The first-order valence-electron chi connectivity index (χ1n) is 8.98. The lowest BCUT2D eigenvalue weighted by molar-refractivity contribution is 0.0524. The molecule has 1 heterocycles. The number of rotatable bonds is 6. The zero-order valence-electron chi connectivity index (χ0n) is 16.6. The number of nitrogens with one attached hydrogen (secondary N) is 3. The Hall–Kier alpha value is -3.29. The van der Waals surface area contributed by atoms with E-state index in [0.717, 1.165) is 0 Å². The summed E-state index contributed by atoms with van der Waals surface area (Å²) < 4.78 is 10.5. The molecule has 0 radical (unpaired) electrons. The van der Waals surface area contributed by atoms with Gasteiger partial charge in [0, 0.05) is 11.3 Å². The van der Waals surface area contributed by atoms with Gasteiger partial charge in [-0.15, -0.1) is 0 Å². The number of H-pyrrole nitrogens is 1. The highest BCUT2D eigenvalue weighted by atomic mass is 16.5. The van der Waals surface area contributed by atoms with Crippen molar-refractivity contribution in [2.75, 3.05) is 6.61 Å². The van der Waals surface area contributed by atoms with E-state index in [1.54, 1.807) is 45.0 Å². The number of hydrazine groups is 1. The van der Waals surface area contributed by atoms with Crippen LogP contribution in [0.5, 0.6) is 5.75 Å². The van der Waals surface area contributed by atoms with Crippen LogP contribution in [-0.2, 0) is 4.74 Å². The number of aryl methyl sites for hydroxylation is 1. The zero-order chi connectivity index (χ0) is 20.8. The van der Waals surface area contributed by atoms with Gasteiger partial charge in [-0.05, 0) is 64.4 Å². The van der Waals surface area contributed by atoms with E-state index >= 15 is 0 Å². The average molecular weight is 387 g/mol. The molecule has 2 rings (SSSR count). The van der Waals surface area contributed by atoms with Gasteiger partial charge in [-0.25, -0.2) is 4.79 Å². The predicted molar refractivity (Wildman–Crippen MR) is 103 cm³/mol. The summed E-state index contributed by atoms with van der Waals surface area (Å²) >= 11 is 0. The Labute approximate surface area is 163 Å². The van der Waals surface area contributed by atoms with Crippen LogP contribution in [0.15, 0.2) is 24.3 Å². The van der Waals surface area contributed by atoms with Crippen molar-refractivity contribution in [1.29, 1.82) is 0 Å². The summed E-state index contributed by atoms with van der Waals surface area (Å²) in [6, 6.07) is 6.56. The molecule has 0 saturated heterocycles. The minimum Gasteiger partial charge on any atom is -0.491 e. The van der Waals surface area contributed by atoms with E-state index in [2.05, 4.69) is 15.8 Å². The lowest BCUT2D eigenvalue weighted by Gasteiger charge is -2.10. The molecule has 3 N–H and O–H groups in total. The summed E-state index contributed by atoms with van der Waals surface area (Å²) in [4.78, 5) is 39.5. The fraction of sp³-hybridized carbons (Fsp3) is 0.350. The standard InChI is InChI=1S/C20H25N3O5/c1-6-27-20(26)16-12(4)17(21-13(16)5)19(25)23-22-18(24)14-7-9-15(10-8-14)28-11(2)3/h7-11,21H,6H2,1-5H3,(H,22,24)(H,23,25). The molecule has 8 nitrogen and oxygen atoms in total. The smallest absolute Gasteiger partial charge is 0.340 e. The number of amides is 2. The van der Waals surface area contributed by atoms with Crippen LogP contribution < -0.4 is 15.6 Å². The van der Waals surface area contributed by atoms with Gasteiger partial charge in [0.25, 0.3) is 11.8 Å². The second kappa shape index (κ2) is 9.07. The van der Waals surface area contributed by atoms with Crippen LogP contribution in [0.25, 0.3) is 0 Å². The van der Waals surface area contributed by atoms with E-state index in [1.165, 1.54) is 0 Å². The number of carbonyl (C=O) groups excluding carboxylic acids is 3. The molecule has 150 valence electrons. The largest absolute Gasteiger partial charge is 0.491 e. The van der Waals surface area contributed by atoms with Gasteiger partial charge >= 0.3 is 5.97 Å². The third kappa shape index (κ3) is 4.91. The molecule has 0 aliphatic rings. The zero-order valence-corrected chi connectivity index (χ0v) is 16.6. The van der Waals surface area contributed by atoms with E-state index in [0.29, 0.717) is 28.1 Å². The number of aromatic amines is 1. The van der Waals surface area contributed by atoms with Crippen LogP contribution in [0.3, 0.4) is 0 Å². The molecule has 0 saturated carbocycles. The van der Waals surface area contributed by atoms with Gasteiger partial charge in [-0.2, -0.15) is 0 Å². The Balaban J connectivity index is 2.03. The van der Waals surface area contributed by atoms with Crippen molar-refractivity contribution in [3.05, 3.63) is 52.3 Å². The van der Waals surface area contributed by atoms with Crippen LogP contribution >= 0.6 is 0 Å². The molecular weight excluding hydrogens is 362 g/mol. The van der Waals surface area contributed by atoms with Crippen molar-refractivity contribution in [1.82, 2.24) is 15.8 Å². The van der Waals surface area contributed by atoms with Crippen molar-refractivity contribution in [3.63, 3.8) is 0 Å². The first-order valence-corrected chi connectivity index (χ1v) is 8.98. The number of esters is 1. The van der Waals surface area contributed by atoms with Gasteiger partial charge in [0.2, 0.25) is 0 Å². The molecule has 0 unspecified atom stereocenters. The van der Waals surface area contributed by atoms with Crippen molar-refractivity contribution in [2.45, 2.75) is 40.7 Å². The number of aromatic nitrogens is 1. The van der Waals surface area contributed by atoms with Crippen LogP contribution in [0.2, 0.25) is 0 Å². The van der Waals surface area contributed by atoms with Crippen molar-refractivity contribution in [2.24, 2.45) is 0 Å². The minimum atomic E-state index is -0.566. The van der Waals surface area contributed by atoms with Gasteiger partial charge in [0.15, 0.2) is 0 Å². The first kappa shape index (κ1) is 21.0. The SMILES string of the molecule is CCOC(=O)c1c(C)[nH]c(C(=O)NNC(=O)c2ccc(OC(C)C)cc2)c1C. The molecular formula is C20H25N3O5. The Morgan fingerprint density at radius 2 is 1.64 bits per heavy atom. The van der Waals surface area contributed by atoms with Crippen LogP contribution in [0, 0.1) is 13.8 Å². The number of carbonyl (C=O) groups is 3. The van der Waals surface area contributed by atoms with Crippen LogP contribution in [0.1, 0.15) is 63.2 Å². The highest BCUT2D eigenvalue weighted by molar-refractivity contribution is 6.02. The Morgan fingerprint density at radius 1 is 1.04 bits per heavy atom. The highest BCUT2D eigenvalue weighted by Crippen LogP contribution is 2.19. The number of benzene rings is 1. The number of hydrogen-bond donors (Lipinski definition) is 3. The summed E-state index contributed by atoms with van der Waals surface area (Å²) in [5.41, 5.74) is 6.54. The second-order valence-electron chi connectivity index (χ2n) is 6.44. The van der Waals surface area contributed by atoms with Gasteiger partial charge in [-0.3, -0.25) is 20.4 Å². The molecule has 2 aromatic rings. The Bertz CT molecular complexity index is 869. The van der Waals surface area contributed by atoms with Crippen molar-refractivity contribution in [3.8, 4) is 5.75 Å². The van der Waals surface area contributed by atoms with Gasteiger partial charge in [0.05, 0.1) is 18.3 Å². The Morgan fingerprint density at radius 3 is 2.21 bits per heavy atom. The molecule has 1 aromatic heterocycles. The van der Waals surface area contributed by atoms with Crippen molar-refractivity contribution >= 4 is 17.8 Å². The van der Waals surface area contributed by atoms with Crippen LogP contribution in [0.4, 0.5) is 0 Å². The molecule has 0 aliphatic carbocycles. The van der Waals surface area contributed by atoms with E-state index in [-0.39, 0.29) is 18.4 Å². The maximum atomic E-state index is 12.4. The topological polar surface area (TPSA) is 110 Å². The first-order chi connectivity index (χ1) is 13.2. The summed E-state index contributed by atoms with van der Waals surface area (Å²) in [5.74, 6) is -0.889. The third-order valence-electron chi connectivity index (χ3n) is 3.92. The monoisotopic (exact) mass is 387 g/mol. The Kier molecular flexibility index (Phi) is 6.81. The molecule has 28 heavy (non-hydrogen) atoms. The van der Waals surface area contributed by atoms with Gasteiger partial charge in [-0.1, -0.05) is 0 Å². The molecule has 1 aromatic carbocycles. The maximum Gasteiger partial charge on any atom is 0.340 e. The summed E-state index contributed by atoms with van der Waals surface area (Å²) in [5, 5.41) is 0. The molecule has 0 bridgehead atoms. The lowest BCUT2D eigenvalue weighted by Crippen LogP contribution is -2.42. The average Bonchev–Trinajstić information content (AvgIpc) is 2.94. The summed E-state index contributed by atoms with van der Waals surface area (Å²) in [6.07, 6.45) is 0.0333. The molecule has 0 spiro atoms. The predicted octanol–water partition coefficient (Wildman–Crippen LogP) is 2.67. The molecule has 2 amide bonds. The van der Waals surface area contributed by atoms with Gasteiger partial charge in [0.1, 0.15) is 11.4 Å². The quantitative estimate of drug-likeness (QED) is 0.521. The maximum absolute atomic E-state index is 12.4. The third-order valence-corrected chi connectivity index (χ3v) is 3.92. The fourth-order valence-electron chi connectivity index (χ4n) is 2.69. The summed E-state index contributed by atoms with van der Waals surface area (Å²) in [6.45, 7) is 9.08. The molecule has 0 atom stereocenters.